The highest BCUT2D eigenvalue weighted by molar-refractivity contribution is 6.01. The van der Waals surface area contributed by atoms with Crippen molar-refractivity contribution in [3.63, 3.8) is 0 Å². The molecule has 26 heavy (non-hydrogen) atoms. The molecule has 1 unspecified atom stereocenters. The lowest BCUT2D eigenvalue weighted by molar-refractivity contribution is -0.118. The molecule has 4 nitrogen and oxygen atoms in total. The molecule has 0 fully saturated rings. The molecular formula is C22H26N2O2. The van der Waals surface area contributed by atoms with Crippen LogP contribution in [-0.4, -0.2) is 5.78 Å². The Morgan fingerprint density at radius 2 is 1.73 bits per heavy atom. The molecule has 0 saturated carbocycles. The number of aryl methyl sites for hydroxylation is 3. The van der Waals surface area contributed by atoms with Gasteiger partial charge >= 0.3 is 0 Å². The molecule has 2 heterocycles. The number of anilines is 2. The number of hydrogen-bond donors (Lipinski definition) is 2. The summed E-state index contributed by atoms with van der Waals surface area (Å²) in [5.41, 5.74) is 6.26. The smallest absolute Gasteiger partial charge is 0.163 e. The van der Waals surface area contributed by atoms with E-state index in [-0.39, 0.29) is 17.2 Å². The Morgan fingerprint density at radius 3 is 2.38 bits per heavy atom. The number of nitrogens with one attached hydrogen (secondary N) is 2. The highest BCUT2D eigenvalue weighted by atomic mass is 16.3. The molecule has 2 aromatic rings. The van der Waals surface area contributed by atoms with E-state index in [1.54, 1.807) is 0 Å². The molecule has 0 saturated heterocycles. The minimum absolute atomic E-state index is 0.0448. The van der Waals surface area contributed by atoms with Gasteiger partial charge < -0.3 is 15.1 Å². The van der Waals surface area contributed by atoms with Crippen molar-refractivity contribution in [3.05, 3.63) is 58.2 Å². The zero-order valence-corrected chi connectivity index (χ0v) is 16.1. The van der Waals surface area contributed by atoms with E-state index in [9.17, 15) is 4.79 Å². The van der Waals surface area contributed by atoms with Gasteiger partial charge in [-0.25, -0.2) is 0 Å². The molecule has 1 atom stereocenters. The summed E-state index contributed by atoms with van der Waals surface area (Å²) in [6.45, 7) is 10.5. The SMILES string of the molecule is Cc1ccc(C2Nc3cc(C)c(C)cc3NC3=C2C(=O)CC(C)(C)C3)o1. The van der Waals surface area contributed by atoms with Crippen molar-refractivity contribution in [1.29, 1.82) is 0 Å². The molecule has 2 N–H and O–H groups in total. The molecular weight excluding hydrogens is 324 g/mol. The summed E-state index contributed by atoms with van der Waals surface area (Å²) in [5, 5.41) is 7.16. The highest BCUT2D eigenvalue weighted by Gasteiger charge is 2.39. The predicted molar refractivity (Wildman–Crippen MR) is 104 cm³/mol. The topological polar surface area (TPSA) is 54.3 Å². The number of rotatable bonds is 1. The molecule has 1 aromatic heterocycles. The molecule has 1 aliphatic carbocycles. The summed E-state index contributed by atoms with van der Waals surface area (Å²) in [4.78, 5) is 13.1. The van der Waals surface area contributed by atoms with Gasteiger partial charge in [0.15, 0.2) is 5.78 Å². The molecule has 4 rings (SSSR count). The predicted octanol–water partition coefficient (Wildman–Crippen LogP) is 5.43. The lowest BCUT2D eigenvalue weighted by atomic mass is 9.74. The summed E-state index contributed by atoms with van der Waals surface area (Å²) < 4.78 is 5.92. The van der Waals surface area contributed by atoms with Crippen molar-refractivity contribution >= 4 is 17.2 Å². The number of carbonyl (C=O) groups excluding carboxylic acids is 1. The quantitative estimate of drug-likeness (QED) is 0.720. The van der Waals surface area contributed by atoms with Crippen LogP contribution in [0.15, 0.2) is 40.0 Å². The monoisotopic (exact) mass is 350 g/mol. The first-order valence-electron chi connectivity index (χ1n) is 9.21. The third-order valence-corrected chi connectivity index (χ3v) is 5.47. The van der Waals surface area contributed by atoms with E-state index in [2.05, 4.69) is 50.5 Å². The maximum Gasteiger partial charge on any atom is 0.163 e. The van der Waals surface area contributed by atoms with E-state index in [0.29, 0.717) is 6.42 Å². The number of fused-ring (bicyclic) bond motifs is 1. The van der Waals surface area contributed by atoms with Crippen molar-refractivity contribution in [2.45, 2.75) is 53.5 Å². The van der Waals surface area contributed by atoms with Crippen molar-refractivity contribution < 1.29 is 9.21 Å². The summed E-state index contributed by atoms with van der Waals surface area (Å²) in [6.07, 6.45) is 1.40. The summed E-state index contributed by atoms with van der Waals surface area (Å²) >= 11 is 0. The van der Waals surface area contributed by atoms with Crippen LogP contribution in [0.3, 0.4) is 0 Å². The molecule has 1 aromatic carbocycles. The van der Waals surface area contributed by atoms with E-state index < -0.39 is 0 Å². The van der Waals surface area contributed by atoms with Crippen LogP contribution in [0.2, 0.25) is 0 Å². The van der Waals surface area contributed by atoms with Crippen LogP contribution >= 0.6 is 0 Å². The van der Waals surface area contributed by atoms with Crippen molar-refractivity contribution in [1.82, 2.24) is 0 Å². The molecule has 1 aliphatic heterocycles. The Kier molecular flexibility index (Phi) is 3.76. The molecule has 0 amide bonds. The minimum Gasteiger partial charge on any atom is -0.464 e. The highest BCUT2D eigenvalue weighted by Crippen LogP contribution is 2.46. The fourth-order valence-electron chi connectivity index (χ4n) is 4.03. The van der Waals surface area contributed by atoms with Gasteiger partial charge in [-0.3, -0.25) is 4.79 Å². The van der Waals surface area contributed by atoms with E-state index in [4.69, 9.17) is 4.42 Å². The van der Waals surface area contributed by atoms with Gasteiger partial charge in [-0.2, -0.15) is 0 Å². The largest absolute Gasteiger partial charge is 0.464 e. The van der Waals surface area contributed by atoms with Gasteiger partial charge in [-0.05, 0) is 68.0 Å². The summed E-state index contributed by atoms with van der Waals surface area (Å²) in [7, 11) is 0. The number of carbonyl (C=O) groups is 1. The fourth-order valence-corrected chi connectivity index (χ4v) is 4.03. The zero-order chi connectivity index (χ0) is 18.6. The second-order valence-electron chi connectivity index (χ2n) is 8.47. The lowest BCUT2D eigenvalue weighted by Crippen LogP contribution is -2.31. The van der Waals surface area contributed by atoms with Crippen molar-refractivity contribution in [3.8, 4) is 0 Å². The van der Waals surface area contributed by atoms with Crippen LogP contribution < -0.4 is 10.6 Å². The first-order chi connectivity index (χ1) is 12.2. The van der Waals surface area contributed by atoms with E-state index in [0.717, 1.165) is 40.6 Å². The lowest BCUT2D eigenvalue weighted by Gasteiger charge is -2.33. The maximum absolute atomic E-state index is 13.1. The van der Waals surface area contributed by atoms with Crippen LogP contribution in [0.25, 0.3) is 0 Å². The minimum atomic E-state index is -0.266. The van der Waals surface area contributed by atoms with Crippen LogP contribution in [0.5, 0.6) is 0 Å². The van der Waals surface area contributed by atoms with Crippen LogP contribution in [-0.2, 0) is 4.79 Å². The Hall–Kier alpha value is -2.49. The Morgan fingerprint density at radius 1 is 1.04 bits per heavy atom. The second kappa shape index (κ2) is 5.76. The van der Waals surface area contributed by atoms with Crippen LogP contribution in [0.4, 0.5) is 11.4 Å². The number of furan rings is 1. The van der Waals surface area contributed by atoms with Gasteiger partial charge in [0, 0.05) is 17.7 Å². The molecule has 0 spiro atoms. The van der Waals surface area contributed by atoms with Gasteiger partial charge in [0.05, 0.1) is 11.4 Å². The molecule has 136 valence electrons. The van der Waals surface area contributed by atoms with E-state index >= 15 is 0 Å². The molecule has 0 radical (unpaired) electrons. The zero-order valence-electron chi connectivity index (χ0n) is 16.1. The average molecular weight is 350 g/mol. The van der Waals surface area contributed by atoms with Crippen LogP contribution in [0, 0.1) is 26.2 Å². The van der Waals surface area contributed by atoms with Crippen molar-refractivity contribution in [2.75, 3.05) is 10.6 Å². The number of Topliss-reactive ketones (excluding diaryl/α,β-unsaturated/α-hetero) is 1. The van der Waals surface area contributed by atoms with Gasteiger partial charge in [-0.15, -0.1) is 0 Å². The number of benzene rings is 1. The Bertz CT molecular complexity index is 934. The third kappa shape index (κ3) is 2.83. The number of allylic oxidation sites excluding steroid dienone is 1. The Balaban J connectivity index is 1.90. The average Bonchev–Trinajstić information content (AvgIpc) is 2.89. The normalized spacial score (nSPS) is 21.4. The second-order valence-corrected chi connectivity index (χ2v) is 8.47. The number of hydrogen-bond acceptors (Lipinski definition) is 4. The van der Waals surface area contributed by atoms with Gasteiger partial charge in [0.1, 0.15) is 17.6 Å². The maximum atomic E-state index is 13.1. The first-order valence-corrected chi connectivity index (χ1v) is 9.21. The standard InChI is InChI=1S/C22H26N2O2/c1-12-8-15-16(9-13(12)2)24-21(19-7-6-14(3)26-19)20-17(23-15)10-22(4,5)11-18(20)25/h6-9,21,23-24H,10-11H2,1-5H3. The van der Waals surface area contributed by atoms with E-state index in [1.807, 2.05) is 19.1 Å². The first kappa shape index (κ1) is 17.0. The number of ketones is 1. The van der Waals surface area contributed by atoms with Gasteiger partial charge in [0.25, 0.3) is 0 Å². The van der Waals surface area contributed by atoms with E-state index in [1.165, 1.54) is 11.1 Å². The fraction of sp³-hybridized carbons (Fsp3) is 0.409. The van der Waals surface area contributed by atoms with Gasteiger partial charge in [0.2, 0.25) is 0 Å². The Labute approximate surface area is 154 Å². The summed E-state index contributed by atoms with van der Waals surface area (Å²) in [6, 6.07) is 7.96. The van der Waals surface area contributed by atoms with Crippen LogP contribution in [0.1, 0.15) is 55.4 Å². The third-order valence-electron chi connectivity index (χ3n) is 5.47. The molecule has 2 aliphatic rings. The molecule has 0 bridgehead atoms. The van der Waals surface area contributed by atoms with Gasteiger partial charge in [-0.1, -0.05) is 13.8 Å². The van der Waals surface area contributed by atoms with Crippen molar-refractivity contribution in [2.24, 2.45) is 5.41 Å². The summed E-state index contributed by atoms with van der Waals surface area (Å²) in [5.74, 6) is 1.83. The molecule has 4 heteroatoms.